The third-order valence-electron chi connectivity index (χ3n) is 5.79. The van der Waals surface area contributed by atoms with E-state index in [-0.39, 0.29) is 23.7 Å². The highest BCUT2D eigenvalue weighted by molar-refractivity contribution is 6.04. The van der Waals surface area contributed by atoms with Crippen molar-refractivity contribution in [2.45, 2.75) is 25.8 Å². The number of amides is 2. The normalized spacial score (nSPS) is 15.4. The highest BCUT2D eigenvalue weighted by Crippen LogP contribution is 2.32. The number of aryl methyl sites for hydroxylation is 1. The number of carbonyl (C=O) groups is 2. The number of rotatable bonds is 5. The predicted octanol–water partition coefficient (Wildman–Crippen LogP) is 4.22. The van der Waals surface area contributed by atoms with E-state index in [4.69, 9.17) is 0 Å². The summed E-state index contributed by atoms with van der Waals surface area (Å²) in [5.41, 5.74) is 2.99. The maximum atomic E-state index is 13.2. The van der Waals surface area contributed by atoms with Crippen molar-refractivity contribution >= 4 is 23.2 Å². The van der Waals surface area contributed by atoms with Gasteiger partial charge in [-0.1, -0.05) is 0 Å². The summed E-state index contributed by atoms with van der Waals surface area (Å²) in [7, 11) is 3.91. The molecule has 33 heavy (non-hydrogen) atoms. The number of hydrogen-bond acceptors (Lipinski definition) is 5. The Balaban J connectivity index is 1.50. The highest BCUT2D eigenvalue weighted by Gasteiger charge is 2.33. The smallest absolute Gasteiger partial charge is 0.259 e. The minimum atomic E-state index is -0.374. The van der Waals surface area contributed by atoms with Gasteiger partial charge < -0.3 is 15.1 Å². The van der Waals surface area contributed by atoms with Gasteiger partial charge in [0.05, 0.1) is 17.3 Å². The summed E-state index contributed by atoms with van der Waals surface area (Å²) in [6.45, 7) is 2.37. The van der Waals surface area contributed by atoms with Gasteiger partial charge in [0, 0.05) is 43.8 Å². The quantitative estimate of drug-likeness (QED) is 0.634. The van der Waals surface area contributed by atoms with Crippen LogP contribution in [0.5, 0.6) is 0 Å². The van der Waals surface area contributed by atoms with E-state index in [9.17, 15) is 14.0 Å². The zero-order chi connectivity index (χ0) is 23.5. The van der Waals surface area contributed by atoms with Crippen molar-refractivity contribution < 1.29 is 14.0 Å². The first kappa shape index (κ1) is 22.4. The van der Waals surface area contributed by atoms with Crippen molar-refractivity contribution in [3.05, 3.63) is 83.2 Å². The Hall–Kier alpha value is -3.81. The average molecular weight is 448 g/mol. The summed E-state index contributed by atoms with van der Waals surface area (Å²) >= 11 is 0. The van der Waals surface area contributed by atoms with E-state index in [1.54, 1.807) is 11.8 Å². The third-order valence-corrected chi connectivity index (χ3v) is 5.79. The fraction of sp³-hybridized carbons (Fsp3) is 0.280. The van der Waals surface area contributed by atoms with Crippen molar-refractivity contribution in [1.29, 1.82) is 0 Å². The zero-order valence-electron chi connectivity index (χ0n) is 18.9. The van der Waals surface area contributed by atoms with Crippen LogP contribution in [0.1, 0.15) is 51.1 Å². The van der Waals surface area contributed by atoms with Crippen LogP contribution in [-0.2, 0) is 0 Å². The first-order valence-electron chi connectivity index (χ1n) is 10.8. The molecule has 7 nitrogen and oxygen atoms in total. The molecule has 1 aromatic heterocycles. The van der Waals surface area contributed by atoms with Crippen LogP contribution in [0, 0.1) is 12.7 Å². The second-order valence-corrected chi connectivity index (χ2v) is 8.29. The number of nitrogens with zero attached hydrogens (tertiary/aromatic N) is 4. The van der Waals surface area contributed by atoms with Gasteiger partial charge in [0.1, 0.15) is 5.82 Å². The Morgan fingerprint density at radius 2 is 1.79 bits per heavy atom. The molecule has 8 heteroatoms. The van der Waals surface area contributed by atoms with Crippen LogP contribution in [-0.4, -0.2) is 47.3 Å². The first-order valence-corrected chi connectivity index (χ1v) is 10.8. The monoisotopic (exact) mass is 447 g/mol. The van der Waals surface area contributed by atoms with Gasteiger partial charge in [0.15, 0.2) is 5.82 Å². The van der Waals surface area contributed by atoms with Crippen molar-refractivity contribution in [2.24, 2.45) is 0 Å². The minimum Gasteiger partial charge on any atom is -0.378 e. The molecular weight excluding hydrogens is 421 g/mol. The molecule has 0 spiro atoms. The van der Waals surface area contributed by atoms with Crippen LogP contribution < -0.4 is 10.2 Å². The lowest BCUT2D eigenvalue weighted by atomic mass is 10.1. The van der Waals surface area contributed by atoms with Gasteiger partial charge in [0.25, 0.3) is 11.8 Å². The number of hydrogen-bond donors (Lipinski definition) is 1. The summed E-state index contributed by atoms with van der Waals surface area (Å²) in [5.74, 6) is -0.268. The molecule has 170 valence electrons. The van der Waals surface area contributed by atoms with Crippen molar-refractivity contribution in [3.8, 4) is 0 Å². The zero-order valence-corrected chi connectivity index (χ0v) is 18.9. The number of anilines is 2. The van der Waals surface area contributed by atoms with Crippen LogP contribution in [0.2, 0.25) is 0 Å². The number of aromatic nitrogens is 2. The van der Waals surface area contributed by atoms with E-state index in [0.717, 1.165) is 18.5 Å². The van der Waals surface area contributed by atoms with Gasteiger partial charge in [-0.15, -0.1) is 0 Å². The van der Waals surface area contributed by atoms with Crippen LogP contribution in [0.15, 0.2) is 54.7 Å². The van der Waals surface area contributed by atoms with E-state index in [1.807, 2.05) is 43.3 Å². The summed E-state index contributed by atoms with van der Waals surface area (Å²) < 4.78 is 13.1. The molecule has 2 heterocycles. The second kappa shape index (κ2) is 9.36. The Bertz CT molecular complexity index is 1160. The predicted molar refractivity (Wildman–Crippen MR) is 125 cm³/mol. The molecule has 1 atom stereocenters. The van der Waals surface area contributed by atoms with Crippen LogP contribution in [0.25, 0.3) is 0 Å². The molecule has 2 aromatic carbocycles. The third kappa shape index (κ3) is 4.84. The number of benzene rings is 2. The van der Waals surface area contributed by atoms with E-state index < -0.39 is 0 Å². The van der Waals surface area contributed by atoms with Crippen LogP contribution in [0.3, 0.4) is 0 Å². The van der Waals surface area contributed by atoms with Gasteiger partial charge in [-0.25, -0.2) is 14.4 Å². The molecule has 1 aliphatic rings. The molecule has 1 aliphatic heterocycles. The topological polar surface area (TPSA) is 78.4 Å². The standard InChI is InChI=1S/C25H26FN5O2/c1-16-21(24(32)29-19-10-8-18(26)9-11-19)15-27-23(28-16)22-5-4-14-31(22)25(33)17-6-12-20(13-7-17)30(2)3/h6-13,15,22H,4-5,14H2,1-3H3,(H,29,32). The van der Waals surface area contributed by atoms with Crippen molar-refractivity contribution in [1.82, 2.24) is 14.9 Å². The molecule has 1 N–H and O–H groups in total. The molecule has 3 aromatic rings. The number of likely N-dealkylation sites (tertiary alicyclic amines) is 1. The number of carbonyl (C=O) groups excluding carboxylic acids is 2. The molecule has 0 radical (unpaired) electrons. The first-order chi connectivity index (χ1) is 15.8. The highest BCUT2D eigenvalue weighted by atomic mass is 19.1. The molecular formula is C25H26FN5O2. The fourth-order valence-corrected chi connectivity index (χ4v) is 3.95. The SMILES string of the molecule is Cc1nc(C2CCCN2C(=O)c2ccc(N(C)C)cc2)ncc1C(=O)Nc1ccc(F)cc1. The maximum absolute atomic E-state index is 13.2. The molecule has 2 amide bonds. The van der Waals surface area contributed by atoms with Crippen molar-refractivity contribution in [2.75, 3.05) is 30.9 Å². The molecule has 0 bridgehead atoms. The Kier molecular flexibility index (Phi) is 6.35. The van der Waals surface area contributed by atoms with E-state index in [0.29, 0.717) is 34.9 Å². The largest absolute Gasteiger partial charge is 0.378 e. The second-order valence-electron chi connectivity index (χ2n) is 8.29. The molecule has 0 aliphatic carbocycles. The van der Waals surface area contributed by atoms with E-state index in [1.165, 1.54) is 30.5 Å². The summed E-state index contributed by atoms with van der Waals surface area (Å²) in [6.07, 6.45) is 3.12. The van der Waals surface area contributed by atoms with E-state index in [2.05, 4.69) is 15.3 Å². The number of nitrogens with one attached hydrogen (secondary N) is 1. The lowest BCUT2D eigenvalue weighted by molar-refractivity contribution is 0.0729. The van der Waals surface area contributed by atoms with Gasteiger partial charge in [-0.2, -0.15) is 0 Å². The minimum absolute atomic E-state index is 0.0535. The van der Waals surface area contributed by atoms with Crippen LogP contribution in [0.4, 0.5) is 15.8 Å². The molecule has 1 saturated heterocycles. The van der Waals surface area contributed by atoms with Gasteiger partial charge >= 0.3 is 0 Å². The Labute approximate surface area is 192 Å². The van der Waals surface area contributed by atoms with Gasteiger partial charge in [-0.3, -0.25) is 9.59 Å². The molecule has 4 rings (SSSR count). The fourth-order valence-electron chi connectivity index (χ4n) is 3.95. The Morgan fingerprint density at radius 1 is 1.09 bits per heavy atom. The average Bonchev–Trinajstić information content (AvgIpc) is 3.30. The van der Waals surface area contributed by atoms with Gasteiger partial charge in [0.2, 0.25) is 0 Å². The lowest BCUT2D eigenvalue weighted by Gasteiger charge is -2.24. The van der Waals surface area contributed by atoms with Crippen molar-refractivity contribution in [3.63, 3.8) is 0 Å². The molecule has 0 saturated carbocycles. The number of halogens is 1. The summed E-state index contributed by atoms with van der Waals surface area (Å²) in [4.78, 5) is 38.6. The maximum Gasteiger partial charge on any atom is 0.259 e. The van der Waals surface area contributed by atoms with E-state index >= 15 is 0 Å². The van der Waals surface area contributed by atoms with Gasteiger partial charge in [-0.05, 0) is 68.3 Å². The molecule has 1 unspecified atom stereocenters. The Morgan fingerprint density at radius 3 is 2.42 bits per heavy atom. The summed E-state index contributed by atoms with van der Waals surface area (Å²) in [5, 5.41) is 2.72. The molecule has 1 fully saturated rings. The lowest BCUT2D eigenvalue weighted by Crippen LogP contribution is -2.31. The summed E-state index contributed by atoms with van der Waals surface area (Å²) in [6, 6.07) is 12.8. The van der Waals surface area contributed by atoms with Crippen LogP contribution >= 0.6 is 0 Å².